The minimum absolute atomic E-state index is 0.0555. The van der Waals surface area contributed by atoms with Gasteiger partial charge < -0.3 is 10.2 Å². The van der Waals surface area contributed by atoms with Crippen molar-refractivity contribution >= 4 is 35.0 Å². The van der Waals surface area contributed by atoms with Gasteiger partial charge in [-0.05, 0) is 47.7 Å². The zero-order valence-electron chi connectivity index (χ0n) is 17.5. The predicted molar refractivity (Wildman–Crippen MR) is 121 cm³/mol. The molecule has 2 aromatic carbocycles. The van der Waals surface area contributed by atoms with Crippen LogP contribution in [-0.4, -0.2) is 39.6 Å². The molecule has 1 aliphatic rings. The fourth-order valence-electron chi connectivity index (χ4n) is 4.22. The van der Waals surface area contributed by atoms with E-state index in [1.807, 2.05) is 19.9 Å². The number of likely N-dealkylation sites (tertiary alicyclic amines) is 1. The summed E-state index contributed by atoms with van der Waals surface area (Å²) in [5, 5.41) is 22.0. The molecule has 2 unspecified atom stereocenters. The molecule has 5 nitrogen and oxygen atoms in total. The van der Waals surface area contributed by atoms with Gasteiger partial charge in [0.05, 0.1) is 18.8 Å². The van der Waals surface area contributed by atoms with Crippen molar-refractivity contribution in [3.05, 3.63) is 69.7 Å². The Bertz CT molecular complexity index is 931. The van der Waals surface area contributed by atoms with Crippen LogP contribution in [-0.2, 0) is 9.59 Å². The standard InChI is InChI=1S/C24H27Cl2NO4/c1-14(2)21(13-28)27-22(29)12-17(24(27)31)11-20(16-4-3-5-19(26)10-16)23(30)15-6-8-18(25)9-7-15/h3-10,14,17,20-21,23,28,30H,11-13H2,1-2H3/t17?,20-,21?,23+/m1/s1. The smallest absolute Gasteiger partial charge is 0.233 e. The number of hydrogen-bond donors (Lipinski definition) is 2. The molecule has 1 fully saturated rings. The Morgan fingerprint density at radius 2 is 1.71 bits per heavy atom. The molecule has 1 aliphatic heterocycles. The molecular formula is C24H27Cl2NO4. The summed E-state index contributed by atoms with van der Waals surface area (Å²) in [7, 11) is 0. The molecule has 0 aromatic heterocycles. The highest BCUT2D eigenvalue weighted by Crippen LogP contribution is 2.40. The van der Waals surface area contributed by atoms with Crippen LogP contribution in [0.3, 0.4) is 0 Å². The third-order valence-corrected chi connectivity index (χ3v) is 6.46. The second kappa shape index (κ2) is 10.1. The Labute approximate surface area is 192 Å². The third-order valence-electron chi connectivity index (χ3n) is 5.97. The van der Waals surface area contributed by atoms with Crippen LogP contribution in [0.5, 0.6) is 0 Å². The van der Waals surface area contributed by atoms with Crippen LogP contribution in [0.1, 0.15) is 49.8 Å². The maximum atomic E-state index is 13.1. The van der Waals surface area contributed by atoms with E-state index in [1.54, 1.807) is 42.5 Å². The number of imide groups is 1. The predicted octanol–water partition coefficient (Wildman–Crippen LogP) is 4.59. The Hall–Kier alpha value is -1.92. The molecule has 0 bridgehead atoms. The molecule has 2 amide bonds. The molecule has 0 radical (unpaired) electrons. The van der Waals surface area contributed by atoms with Crippen molar-refractivity contribution in [2.24, 2.45) is 11.8 Å². The molecule has 2 N–H and O–H groups in total. The summed E-state index contributed by atoms with van der Waals surface area (Å²) in [6.45, 7) is 3.47. The van der Waals surface area contributed by atoms with E-state index < -0.39 is 24.0 Å². The van der Waals surface area contributed by atoms with E-state index >= 15 is 0 Å². The normalized spacial score (nSPS) is 19.7. The number of aliphatic hydroxyl groups excluding tert-OH is 2. The van der Waals surface area contributed by atoms with Crippen molar-refractivity contribution in [2.75, 3.05) is 6.61 Å². The highest BCUT2D eigenvalue weighted by Gasteiger charge is 2.44. The van der Waals surface area contributed by atoms with Gasteiger partial charge in [-0.1, -0.05) is 61.3 Å². The molecule has 1 saturated heterocycles. The zero-order valence-corrected chi connectivity index (χ0v) is 19.1. The fraction of sp³-hybridized carbons (Fsp3) is 0.417. The van der Waals surface area contributed by atoms with Crippen LogP contribution in [0.4, 0.5) is 0 Å². The van der Waals surface area contributed by atoms with Crippen LogP contribution >= 0.6 is 23.2 Å². The Kier molecular flexibility index (Phi) is 7.76. The number of rotatable bonds is 8. The van der Waals surface area contributed by atoms with Gasteiger partial charge in [0.1, 0.15) is 0 Å². The molecule has 0 aliphatic carbocycles. The summed E-state index contributed by atoms with van der Waals surface area (Å²) in [6.07, 6.45) is -0.570. The number of aliphatic hydroxyl groups is 2. The molecule has 4 atom stereocenters. The number of carbonyl (C=O) groups excluding carboxylic acids is 2. The Morgan fingerprint density at radius 1 is 1.03 bits per heavy atom. The summed E-state index contributed by atoms with van der Waals surface area (Å²) in [6, 6.07) is 13.5. The number of halogens is 2. The van der Waals surface area contributed by atoms with Gasteiger partial charge in [-0.2, -0.15) is 0 Å². The summed E-state index contributed by atoms with van der Waals surface area (Å²) >= 11 is 12.2. The van der Waals surface area contributed by atoms with Crippen LogP contribution in [0.15, 0.2) is 48.5 Å². The molecule has 0 spiro atoms. The first-order valence-corrected chi connectivity index (χ1v) is 11.1. The second-order valence-corrected chi connectivity index (χ2v) is 9.26. The monoisotopic (exact) mass is 463 g/mol. The molecule has 166 valence electrons. The minimum atomic E-state index is -0.911. The van der Waals surface area contributed by atoms with Gasteiger partial charge in [-0.25, -0.2) is 0 Å². The molecule has 3 rings (SSSR count). The number of carbonyl (C=O) groups is 2. The molecule has 0 saturated carbocycles. The number of hydrogen-bond acceptors (Lipinski definition) is 4. The average molecular weight is 464 g/mol. The van der Waals surface area contributed by atoms with Crippen LogP contribution in [0.2, 0.25) is 10.0 Å². The lowest BCUT2D eigenvalue weighted by Crippen LogP contribution is -2.45. The molecule has 2 aromatic rings. The molecule has 7 heteroatoms. The minimum Gasteiger partial charge on any atom is -0.394 e. The highest BCUT2D eigenvalue weighted by molar-refractivity contribution is 6.30. The lowest BCUT2D eigenvalue weighted by molar-refractivity contribution is -0.144. The summed E-state index contributed by atoms with van der Waals surface area (Å²) in [5.41, 5.74) is 1.45. The summed E-state index contributed by atoms with van der Waals surface area (Å²) < 4.78 is 0. The highest BCUT2D eigenvalue weighted by atomic mass is 35.5. The lowest BCUT2D eigenvalue weighted by Gasteiger charge is -2.29. The maximum absolute atomic E-state index is 13.1. The summed E-state index contributed by atoms with van der Waals surface area (Å²) in [4.78, 5) is 27.0. The van der Waals surface area contributed by atoms with E-state index in [0.29, 0.717) is 15.6 Å². The first kappa shape index (κ1) is 23.7. The number of benzene rings is 2. The Balaban J connectivity index is 1.91. The van der Waals surface area contributed by atoms with Gasteiger partial charge >= 0.3 is 0 Å². The first-order chi connectivity index (χ1) is 14.7. The first-order valence-electron chi connectivity index (χ1n) is 10.4. The van der Waals surface area contributed by atoms with E-state index in [2.05, 4.69) is 0 Å². The molecule has 1 heterocycles. The van der Waals surface area contributed by atoms with Crippen LogP contribution in [0, 0.1) is 11.8 Å². The maximum Gasteiger partial charge on any atom is 0.233 e. The van der Waals surface area contributed by atoms with Crippen molar-refractivity contribution in [2.45, 2.75) is 44.8 Å². The van der Waals surface area contributed by atoms with Crippen molar-refractivity contribution in [1.82, 2.24) is 4.90 Å². The largest absolute Gasteiger partial charge is 0.394 e. The van der Waals surface area contributed by atoms with Crippen molar-refractivity contribution in [3.63, 3.8) is 0 Å². The summed E-state index contributed by atoms with van der Waals surface area (Å²) in [5.74, 6) is -1.67. The van der Waals surface area contributed by atoms with E-state index in [4.69, 9.17) is 23.2 Å². The van der Waals surface area contributed by atoms with Crippen molar-refractivity contribution in [3.8, 4) is 0 Å². The number of amides is 2. The van der Waals surface area contributed by atoms with Gasteiger partial charge in [0.15, 0.2) is 0 Å². The van der Waals surface area contributed by atoms with Gasteiger partial charge in [0.25, 0.3) is 0 Å². The van der Waals surface area contributed by atoms with E-state index in [9.17, 15) is 19.8 Å². The third kappa shape index (κ3) is 5.29. The van der Waals surface area contributed by atoms with Crippen LogP contribution < -0.4 is 0 Å². The van der Waals surface area contributed by atoms with Crippen molar-refractivity contribution < 1.29 is 19.8 Å². The topological polar surface area (TPSA) is 77.8 Å². The van der Waals surface area contributed by atoms with E-state index in [-0.39, 0.29) is 37.2 Å². The second-order valence-electron chi connectivity index (χ2n) is 8.39. The molecular weight excluding hydrogens is 437 g/mol. The Morgan fingerprint density at radius 3 is 2.29 bits per heavy atom. The van der Waals surface area contributed by atoms with Crippen molar-refractivity contribution in [1.29, 1.82) is 0 Å². The quantitative estimate of drug-likeness (QED) is 0.561. The van der Waals surface area contributed by atoms with Crippen LogP contribution in [0.25, 0.3) is 0 Å². The number of nitrogens with zero attached hydrogens (tertiary/aromatic N) is 1. The van der Waals surface area contributed by atoms with Gasteiger partial charge in [0, 0.05) is 28.3 Å². The van der Waals surface area contributed by atoms with E-state index in [0.717, 1.165) is 5.56 Å². The zero-order chi connectivity index (χ0) is 22.7. The van der Waals surface area contributed by atoms with Gasteiger partial charge in [0.2, 0.25) is 11.8 Å². The molecule has 31 heavy (non-hydrogen) atoms. The van der Waals surface area contributed by atoms with E-state index in [1.165, 1.54) is 4.90 Å². The average Bonchev–Trinajstić information content (AvgIpc) is 3.00. The fourth-order valence-corrected chi connectivity index (χ4v) is 4.55. The SMILES string of the molecule is CC(C)C(CO)N1C(=O)CC(C[C@H](c2cccc(Cl)c2)[C@@H](O)c2ccc(Cl)cc2)C1=O. The van der Waals surface area contributed by atoms with Gasteiger partial charge in [-0.15, -0.1) is 0 Å². The lowest BCUT2D eigenvalue weighted by atomic mass is 9.81. The van der Waals surface area contributed by atoms with Gasteiger partial charge in [-0.3, -0.25) is 14.5 Å².